The van der Waals surface area contributed by atoms with Crippen molar-refractivity contribution in [2.75, 3.05) is 26.2 Å². The molecule has 1 N–H and O–H groups in total. The predicted octanol–water partition coefficient (Wildman–Crippen LogP) is 3.50. The quantitative estimate of drug-likeness (QED) is 0.738. The van der Waals surface area contributed by atoms with Gasteiger partial charge in [-0.1, -0.05) is 6.07 Å². The van der Waals surface area contributed by atoms with Crippen molar-refractivity contribution in [2.45, 2.75) is 57.2 Å². The summed E-state index contributed by atoms with van der Waals surface area (Å²) in [5.74, 6) is 0.887. The van der Waals surface area contributed by atoms with Crippen molar-refractivity contribution in [3.05, 3.63) is 59.9 Å². The van der Waals surface area contributed by atoms with E-state index in [1.165, 1.54) is 0 Å². The molecular weight excluding hydrogens is 390 g/mol. The number of likely N-dealkylation sites (tertiary alicyclic amines) is 2. The van der Waals surface area contributed by atoms with Gasteiger partial charge in [0.2, 0.25) is 0 Å². The zero-order valence-electron chi connectivity index (χ0n) is 18.2. The van der Waals surface area contributed by atoms with Gasteiger partial charge < -0.3 is 14.7 Å². The van der Waals surface area contributed by atoms with Gasteiger partial charge in [-0.15, -0.1) is 0 Å². The van der Waals surface area contributed by atoms with Crippen LogP contribution in [-0.2, 0) is 6.54 Å². The number of carbonyl (C=O) groups excluding carboxylic acids is 1. The molecule has 0 aliphatic carbocycles. The number of hydrogen-bond donors (Lipinski definition) is 1. The molecule has 2 aliphatic heterocycles. The highest BCUT2D eigenvalue weighted by molar-refractivity contribution is 5.94. The monoisotopic (exact) mass is 423 g/mol. The van der Waals surface area contributed by atoms with Crippen LogP contribution in [-0.4, -0.2) is 64.2 Å². The van der Waals surface area contributed by atoms with Gasteiger partial charge in [0.15, 0.2) is 0 Å². The minimum Gasteiger partial charge on any atom is -0.490 e. The second-order valence-electron chi connectivity index (χ2n) is 8.60. The highest BCUT2D eigenvalue weighted by Crippen LogP contribution is 2.24. The fourth-order valence-electron chi connectivity index (χ4n) is 4.66. The summed E-state index contributed by atoms with van der Waals surface area (Å²) in [5, 5.41) is 9.31. The van der Waals surface area contributed by atoms with Crippen LogP contribution in [0, 0.1) is 0 Å². The molecule has 2 saturated heterocycles. The van der Waals surface area contributed by atoms with Gasteiger partial charge in [0.25, 0.3) is 5.91 Å². The van der Waals surface area contributed by atoms with Crippen LogP contribution in [0.3, 0.4) is 0 Å². The summed E-state index contributed by atoms with van der Waals surface area (Å²) >= 11 is 0. The SMILES string of the molecule is O=C(c1ccc(OC2CCN(Cc3ccccn3)CC2)cc1)N1CCCC[C@H]1CCO. The van der Waals surface area contributed by atoms with Crippen LogP contribution in [0.2, 0.25) is 0 Å². The molecule has 2 fully saturated rings. The van der Waals surface area contributed by atoms with Gasteiger partial charge in [-0.2, -0.15) is 0 Å². The maximum Gasteiger partial charge on any atom is 0.254 e. The summed E-state index contributed by atoms with van der Waals surface area (Å²) in [6.45, 7) is 3.79. The summed E-state index contributed by atoms with van der Waals surface area (Å²) in [7, 11) is 0. The van der Waals surface area contributed by atoms with Gasteiger partial charge in [0.05, 0.1) is 5.69 Å². The van der Waals surface area contributed by atoms with Crippen molar-refractivity contribution in [1.29, 1.82) is 0 Å². The number of pyridine rings is 1. The van der Waals surface area contributed by atoms with E-state index in [2.05, 4.69) is 16.0 Å². The number of amides is 1. The molecule has 3 heterocycles. The van der Waals surface area contributed by atoms with Crippen molar-refractivity contribution in [1.82, 2.24) is 14.8 Å². The van der Waals surface area contributed by atoms with E-state index in [1.807, 2.05) is 47.5 Å². The number of hydrogen-bond acceptors (Lipinski definition) is 5. The van der Waals surface area contributed by atoms with Gasteiger partial charge >= 0.3 is 0 Å². The van der Waals surface area contributed by atoms with Gasteiger partial charge in [-0.25, -0.2) is 0 Å². The van der Waals surface area contributed by atoms with Gasteiger partial charge in [-0.3, -0.25) is 14.7 Å². The van der Waals surface area contributed by atoms with E-state index in [1.54, 1.807) is 0 Å². The number of aliphatic hydroxyl groups is 1. The predicted molar refractivity (Wildman–Crippen MR) is 120 cm³/mol. The molecule has 0 spiro atoms. The van der Waals surface area contributed by atoms with Gasteiger partial charge in [0, 0.05) is 50.6 Å². The average molecular weight is 424 g/mol. The fraction of sp³-hybridized carbons (Fsp3) is 0.520. The molecule has 1 aromatic carbocycles. The van der Waals surface area contributed by atoms with Crippen LogP contribution < -0.4 is 4.74 Å². The van der Waals surface area contributed by atoms with Gasteiger partial charge in [-0.05, 0) is 74.9 Å². The summed E-state index contributed by atoms with van der Waals surface area (Å²) < 4.78 is 6.19. The van der Waals surface area contributed by atoms with E-state index in [-0.39, 0.29) is 24.7 Å². The first-order valence-electron chi connectivity index (χ1n) is 11.5. The Kier molecular flexibility index (Phi) is 7.54. The Morgan fingerprint density at radius 3 is 2.55 bits per heavy atom. The molecule has 0 bridgehead atoms. The number of benzene rings is 1. The Labute approximate surface area is 184 Å². The Balaban J connectivity index is 1.27. The van der Waals surface area contributed by atoms with Crippen LogP contribution in [0.1, 0.15) is 54.6 Å². The molecular formula is C25H33N3O3. The fourth-order valence-corrected chi connectivity index (χ4v) is 4.66. The molecule has 166 valence electrons. The summed E-state index contributed by atoms with van der Waals surface area (Å²) in [6.07, 6.45) is 7.83. The topological polar surface area (TPSA) is 65.9 Å². The lowest BCUT2D eigenvalue weighted by molar-refractivity contribution is 0.0574. The highest BCUT2D eigenvalue weighted by Gasteiger charge is 2.27. The summed E-state index contributed by atoms with van der Waals surface area (Å²) in [5.41, 5.74) is 1.81. The molecule has 1 aromatic heterocycles. The Hall–Kier alpha value is -2.44. The van der Waals surface area contributed by atoms with E-state index < -0.39 is 0 Å². The molecule has 6 heteroatoms. The highest BCUT2D eigenvalue weighted by atomic mass is 16.5. The minimum absolute atomic E-state index is 0.0625. The average Bonchev–Trinajstić information content (AvgIpc) is 2.82. The first-order valence-corrected chi connectivity index (χ1v) is 11.5. The van der Waals surface area contributed by atoms with E-state index in [0.29, 0.717) is 12.0 Å². The molecule has 1 atom stereocenters. The van der Waals surface area contributed by atoms with Crippen LogP contribution in [0.25, 0.3) is 0 Å². The van der Waals surface area contributed by atoms with Crippen molar-refractivity contribution in [3.63, 3.8) is 0 Å². The van der Waals surface area contributed by atoms with Crippen LogP contribution >= 0.6 is 0 Å². The zero-order valence-corrected chi connectivity index (χ0v) is 18.2. The maximum atomic E-state index is 13.0. The normalized spacial score (nSPS) is 20.5. The van der Waals surface area contributed by atoms with Crippen LogP contribution in [0.4, 0.5) is 0 Å². The Morgan fingerprint density at radius 2 is 1.84 bits per heavy atom. The van der Waals surface area contributed by atoms with Crippen LogP contribution in [0.5, 0.6) is 5.75 Å². The van der Waals surface area contributed by atoms with Crippen LogP contribution in [0.15, 0.2) is 48.7 Å². The molecule has 0 radical (unpaired) electrons. The molecule has 2 aliphatic rings. The second kappa shape index (κ2) is 10.7. The zero-order chi connectivity index (χ0) is 21.5. The maximum absolute atomic E-state index is 13.0. The van der Waals surface area contributed by atoms with E-state index >= 15 is 0 Å². The third-order valence-corrected chi connectivity index (χ3v) is 6.40. The summed E-state index contributed by atoms with van der Waals surface area (Å²) in [4.78, 5) is 21.7. The van der Waals surface area contributed by atoms with Gasteiger partial charge in [0.1, 0.15) is 11.9 Å². The number of aliphatic hydroxyl groups excluding tert-OH is 1. The number of piperidine rings is 2. The molecule has 6 nitrogen and oxygen atoms in total. The molecule has 4 rings (SSSR count). The Bertz CT molecular complexity index is 818. The number of rotatable bonds is 7. The molecule has 2 aromatic rings. The lowest BCUT2D eigenvalue weighted by atomic mass is 9.98. The number of carbonyl (C=O) groups is 1. The molecule has 0 saturated carbocycles. The molecule has 31 heavy (non-hydrogen) atoms. The lowest BCUT2D eigenvalue weighted by Gasteiger charge is -2.35. The number of aromatic nitrogens is 1. The van der Waals surface area contributed by atoms with Crippen molar-refractivity contribution >= 4 is 5.91 Å². The second-order valence-corrected chi connectivity index (χ2v) is 8.60. The minimum atomic E-state index is 0.0625. The molecule has 1 amide bonds. The van der Waals surface area contributed by atoms with E-state index in [0.717, 1.165) is 69.7 Å². The largest absolute Gasteiger partial charge is 0.490 e. The van der Waals surface area contributed by atoms with Crippen molar-refractivity contribution in [3.8, 4) is 5.75 Å². The Morgan fingerprint density at radius 1 is 1.03 bits per heavy atom. The van der Waals surface area contributed by atoms with E-state index in [4.69, 9.17) is 4.74 Å². The van der Waals surface area contributed by atoms with E-state index in [9.17, 15) is 9.90 Å². The molecule has 0 unspecified atom stereocenters. The lowest BCUT2D eigenvalue weighted by Crippen LogP contribution is -2.44. The number of nitrogens with zero attached hydrogens (tertiary/aromatic N) is 3. The van der Waals surface area contributed by atoms with Crippen molar-refractivity contribution < 1.29 is 14.6 Å². The number of ether oxygens (including phenoxy) is 1. The third kappa shape index (κ3) is 5.83. The van der Waals surface area contributed by atoms with Crippen molar-refractivity contribution in [2.24, 2.45) is 0 Å². The standard InChI is InChI=1S/C25H33N3O3/c29-18-13-22-6-2-4-15-28(22)25(30)20-7-9-23(10-8-20)31-24-11-16-27(17-12-24)19-21-5-1-3-14-26-21/h1,3,5,7-10,14,22,24,29H,2,4,6,11-13,15-19H2/t22-/m0/s1. The summed E-state index contributed by atoms with van der Waals surface area (Å²) in [6, 6.07) is 13.8. The first-order chi connectivity index (χ1) is 15.2. The smallest absolute Gasteiger partial charge is 0.254 e. The first kappa shape index (κ1) is 21.8. The third-order valence-electron chi connectivity index (χ3n) is 6.40.